The van der Waals surface area contributed by atoms with Crippen molar-refractivity contribution in [1.82, 2.24) is 0 Å². The summed E-state index contributed by atoms with van der Waals surface area (Å²) in [7, 11) is 1.90. The van der Waals surface area contributed by atoms with Crippen LogP contribution in [0.4, 0.5) is 0 Å². The zero-order chi connectivity index (χ0) is 19.3. The number of aliphatic hydroxyl groups is 2. The molecule has 0 bridgehead atoms. The summed E-state index contributed by atoms with van der Waals surface area (Å²) in [6.45, 7) is 8.01. The number of rotatable bonds is 1. The van der Waals surface area contributed by atoms with Crippen molar-refractivity contribution in [3.05, 3.63) is 23.8 Å². The Kier molecular flexibility index (Phi) is 4.53. The first-order valence-electron chi connectivity index (χ1n) is 9.11. The van der Waals surface area contributed by atoms with Crippen molar-refractivity contribution >= 4 is 11.9 Å². The highest BCUT2D eigenvalue weighted by Gasteiger charge is 2.65. The molecule has 3 aliphatic heterocycles. The normalized spacial score (nSPS) is 43.7. The number of likely N-dealkylation sites (N-methyl/N-ethyl adjacent to an activating group) is 1. The Hall–Kier alpha value is -1.70. The molecule has 5 unspecified atom stereocenters. The van der Waals surface area contributed by atoms with Gasteiger partial charge in [0.05, 0.1) is 25.1 Å². The SMILES string of the molecule is C=C1CC(CC)C(=O)OC2CC[N+]3(C)CC=C(COC(=O)C1(C)O)C23O. The van der Waals surface area contributed by atoms with Crippen molar-refractivity contribution in [2.45, 2.75) is 50.5 Å². The van der Waals surface area contributed by atoms with E-state index in [4.69, 9.17) is 9.47 Å². The van der Waals surface area contributed by atoms with Gasteiger partial charge in [-0.3, -0.25) is 9.28 Å². The number of cyclic esters (lactones) is 1. The van der Waals surface area contributed by atoms with E-state index in [0.29, 0.717) is 36.0 Å². The minimum atomic E-state index is -1.90. The van der Waals surface area contributed by atoms with Crippen LogP contribution in [-0.2, 0) is 19.1 Å². The molecule has 2 N–H and O–H groups in total. The molecular weight excluding hydrogens is 338 g/mol. The molecule has 0 aromatic rings. The van der Waals surface area contributed by atoms with E-state index in [1.807, 2.05) is 20.0 Å². The van der Waals surface area contributed by atoms with E-state index < -0.39 is 35.3 Å². The van der Waals surface area contributed by atoms with E-state index in [0.717, 1.165) is 0 Å². The summed E-state index contributed by atoms with van der Waals surface area (Å²) in [5, 5.41) is 22.0. The summed E-state index contributed by atoms with van der Waals surface area (Å²) in [5.74, 6) is -1.80. The van der Waals surface area contributed by atoms with Crippen LogP contribution < -0.4 is 0 Å². The molecule has 0 spiro atoms. The number of carbonyl (C=O) groups is 2. The maximum atomic E-state index is 12.7. The van der Waals surface area contributed by atoms with Crippen LogP contribution in [-0.4, -0.2) is 70.8 Å². The van der Waals surface area contributed by atoms with Crippen molar-refractivity contribution in [3.8, 4) is 0 Å². The molecule has 3 heterocycles. The number of nitrogens with zero attached hydrogens (tertiary/aromatic N) is 1. The average molecular weight is 366 g/mol. The fraction of sp³-hybridized carbons (Fsp3) is 0.684. The smallest absolute Gasteiger partial charge is 0.342 e. The molecule has 0 amide bonds. The molecule has 7 heteroatoms. The fourth-order valence-corrected chi connectivity index (χ4v) is 4.23. The number of hydrogen-bond donors (Lipinski definition) is 2. The van der Waals surface area contributed by atoms with Crippen molar-refractivity contribution < 1.29 is 33.8 Å². The van der Waals surface area contributed by atoms with Gasteiger partial charge in [0.1, 0.15) is 13.2 Å². The monoisotopic (exact) mass is 366 g/mol. The lowest BCUT2D eigenvalue weighted by Gasteiger charge is -2.40. The molecule has 0 aromatic heterocycles. The standard InChI is InChI=1S/C19H28NO6/c1-5-13-10-12(2)18(3,23)17(22)25-11-14-6-8-20(4)9-7-15(19(14,20)24)26-16(13)21/h6,13,15,23-24H,2,5,7-11H2,1,3-4H3/q+1. The molecule has 2 saturated heterocycles. The second-order valence-corrected chi connectivity index (χ2v) is 8.03. The van der Waals surface area contributed by atoms with Crippen LogP contribution in [0.15, 0.2) is 23.8 Å². The maximum Gasteiger partial charge on any atom is 0.342 e. The molecule has 7 nitrogen and oxygen atoms in total. The van der Waals surface area contributed by atoms with Crippen molar-refractivity contribution in [2.75, 3.05) is 26.7 Å². The predicted octanol–water partition coefficient (Wildman–Crippen LogP) is 0.657. The third-order valence-corrected chi connectivity index (χ3v) is 6.39. The van der Waals surface area contributed by atoms with Gasteiger partial charge < -0.3 is 19.7 Å². The van der Waals surface area contributed by atoms with E-state index in [1.54, 1.807) is 0 Å². The predicted molar refractivity (Wildman–Crippen MR) is 92.6 cm³/mol. The Bertz CT molecular complexity index is 684. The minimum absolute atomic E-state index is 0.122. The first-order chi connectivity index (χ1) is 12.1. The van der Waals surface area contributed by atoms with E-state index in [2.05, 4.69) is 6.58 Å². The summed E-state index contributed by atoms with van der Waals surface area (Å²) < 4.78 is 11.4. The third kappa shape index (κ3) is 2.61. The molecule has 3 rings (SSSR count). The Labute approximate surface area is 153 Å². The van der Waals surface area contributed by atoms with Gasteiger partial charge in [-0.2, -0.15) is 0 Å². The van der Waals surface area contributed by atoms with Crippen LogP contribution in [0, 0.1) is 5.92 Å². The molecule has 0 radical (unpaired) electrons. The zero-order valence-corrected chi connectivity index (χ0v) is 15.7. The fourth-order valence-electron chi connectivity index (χ4n) is 4.23. The van der Waals surface area contributed by atoms with Gasteiger partial charge in [-0.05, 0) is 31.4 Å². The van der Waals surface area contributed by atoms with Crippen molar-refractivity contribution in [3.63, 3.8) is 0 Å². The van der Waals surface area contributed by atoms with Crippen LogP contribution in [0.2, 0.25) is 0 Å². The molecular formula is C19H28NO6+. The number of carbonyl (C=O) groups excluding carboxylic acids is 2. The topological polar surface area (TPSA) is 93.1 Å². The summed E-state index contributed by atoms with van der Waals surface area (Å²) >= 11 is 0. The number of quaternary nitrogens is 1. The molecule has 144 valence electrons. The van der Waals surface area contributed by atoms with Crippen molar-refractivity contribution in [1.29, 1.82) is 0 Å². The quantitative estimate of drug-likeness (QED) is 0.402. The van der Waals surface area contributed by atoms with Crippen LogP contribution in [0.5, 0.6) is 0 Å². The Morgan fingerprint density at radius 1 is 1.38 bits per heavy atom. The van der Waals surface area contributed by atoms with Gasteiger partial charge in [0.15, 0.2) is 11.7 Å². The van der Waals surface area contributed by atoms with Gasteiger partial charge in [0.2, 0.25) is 0 Å². The summed E-state index contributed by atoms with van der Waals surface area (Å²) in [6, 6.07) is 0. The van der Waals surface area contributed by atoms with Crippen molar-refractivity contribution in [2.24, 2.45) is 5.92 Å². The van der Waals surface area contributed by atoms with Gasteiger partial charge in [0, 0.05) is 6.42 Å². The van der Waals surface area contributed by atoms with Crippen LogP contribution in [0.25, 0.3) is 0 Å². The number of esters is 2. The second-order valence-electron chi connectivity index (χ2n) is 8.03. The third-order valence-electron chi connectivity index (χ3n) is 6.39. The largest absolute Gasteiger partial charge is 0.458 e. The number of ether oxygens (including phenoxy) is 2. The number of hydrogen-bond acceptors (Lipinski definition) is 6. The lowest BCUT2D eigenvalue weighted by molar-refractivity contribution is -0.955. The van der Waals surface area contributed by atoms with Crippen LogP contribution in [0.1, 0.15) is 33.1 Å². The van der Waals surface area contributed by atoms with Gasteiger partial charge in [0.25, 0.3) is 5.72 Å². The highest BCUT2D eigenvalue weighted by molar-refractivity contribution is 5.83. The average Bonchev–Trinajstić information content (AvgIpc) is 2.98. The molecule has 0 aromatic carbocycles. The molecule has 0 aliphatic carbocycles. The van der Waals surface area contributed by atoms with Gasteiger partial charge in [-0.25, -0.2) is 4.79 Å². The minimum Gasteiger partial charge on any atom is -0.458 e. The zero-order valence-electron chi connectivity index (χ0n) is 15.7. The van der Waals surface area contributed by atoms with Gasteiger partial charge in [-0.15, -0.1) is 0 Å². The lowest BCUT2D eigenvalue weighted by Crippen LogP contribution is -2.61. The summed E-state index contributed by atoms with van der Waals surface area (Å²) in [6.07, 6.45) is 2.29. The highest BCUT2D eigenvalue weighted by atomic mass is 16.6. The Morgan fingerprint density at radius 2 is 2.08 bits per heavy atom. The molecule has 0 saturated carbocycles. The van der Waals surface area contributed by atoms with E-state index >= 15 is 0 Å². The maximum absolute atomic E-state index is 12.7. The molecule has 3 aliphatic rings. The van der Waals surface area contributed by atoms with Gasteiger partial charge >= 0.3 is 11.9 Å². The first-order valence-corrected chi connectivity index (χ1v) is 9.11. The highest BCUT2D eigenvalue weighted by Crippen LogP contribution is 2.45. The Morgan fingerprint density at radius 3 is 2.73 bits per heavy atom. The van der Waals surface area contributed by atoms with E-state index in [1.165, 1.54) is 6.92 Å². The summed E-state index contributed by atoms with van der Waals surface area (Å²) in [4.78, 5) is 25.2. The second kappa shape index (κ2) is 6.18. The lowest BCUT2D eigenvalue weighted by atomic mass is 9.87. The van der Waals surface area contributed by atoms with E-state index in [-0.39, 0.29) is 18.6 Å². The first kappa shape index (κ1) is 19.1. The molecule has 2 fully saturated rings. The molecule has 5 atom stereocenters. The summed E-state index contributed by atoms with van der Waals surface area (Å²) in [5.41, 5.74) is -2.58. The van der Waals surface area contributed by atoms with Crippen LogP contribution >= 0.6 is 0 Å². The van der Waals surface area contributed by atoms with Gasteiger partial charge in [-0.1, -0.05) is 13.5 Å². The molecule has 26 heavy (non-hydrogen) atoms. The van der Waals surface area contributed by atoms with Crippen LogP contribution in [0.3, 0.4) is 0 Å². The van der Waals surface area contributed by atoms with E-state index in [9.17, 15) is 19.8 Å². The Balaban J connectivity index is 1.99.